The highest BCUT2D eigenvalue weighted by Crippen LogP contribution is 2.10. The van der Waals surface area contributed by atoms with E-state index in [4.69, 9.17) is 0 Å². The average molecular weight is 192 g/mol. The van der Waals surface area contributed by atoms with Gasteiger partial charge in [0.25, 0.3) is 0 Å². The van der Waals surface area contributed by atoms with Gasteiger partial charge in [0, 0.05) is 6.07 Å². The van der Waals surface area contributed by atoms with E-state index in [1.54, 1.807) is 0 Å². The van der Waals surface area contributed by atoms with Crippen LogP contribution in [0, 0.1) is 11.0 Å². The first-order chi connectivity index (χ1) is 4.20. The van der Waals surface area contributed by atoms with Crippen LogP contribution < -0.4 is 4.73 Å². The van der Waals surface area contributed by atoms with Crippen LogP contribution in [0.25, 0.3) is 0 Å². The van der Waals surface area contributed by atoms with Crippen LogP contribution in [-0.2, 0) is 0 Å². The molecule has 0 unspecified atom stereocenters. The SMILES string of the molecule is [O-][n+]1ccc(Br)c(F)c1. The standard InChI is InChI=1S/C5H3BrFNO/c6-4-1-2-8(9)3-5(4)7/h1-3H. The van der Waals surface area contributed by atoms with E-state index >= 15 is 0 Å². The number of halogens is 2. The summed E-state index contributed by atoms with van der Waals surface area (Å²) < 4.78 is 13.0. The highest BCUT2D eigenvalue weighted by molar-refractivity contribution is 9.10. The van der Waals surface area contributed by atoms with Gasteiger partial charge in [-0.25, -0.2) is 0 Å². The van der Waals surface area contributed by atoms with Crippen LogP contribution in [0.2, 0.25) is 0 Å². The molecule has 1 aromatic heterocycles. The van der Waals surface area contributed by atoms with Crippen LogP contribution in [0.1, 0.15) is 0 Å². The molecule has 4 heteroatoms. The number of hydrogen-bond donors (Lipinski definition) is 0. The lowest BCUT2D eigenvalue weighted by molar-refractivity contribution is -0.607. The Morgan fingerprint density at radius 1 is 1.67 bits per heavy atom. The van der Waals surface area contributed by atoms with Crippen molar-refractivity contribution in [2.45, 2.75) is 0 Å². The monoisotopic (exact) mass is 191 g/mol. The van der Waals surface area contributed by atoms with Crippen molar-refractivity contribution in [1.82, 2.24) is 0 Å². The van der Waals surface area contributed by atoms with Gasteiger partial charge in [-0.1, -0.05) is 0 Å². The Morgan fingerprint density at radius 2 is 2.33 bits per heavy atom. The van der Waals surface area contributed by atoms with Gasteiger partial charge in [-0.2, -0.15) is 9.12 Å². The molecule has 0 amide bonds. The molecule has 1 aromatic rings. The van der Waals surface area contributed by atoms with Crippen LogP contribution in [-0.4, -0.2) is 0 Å². The number of nitrogens with zero attached hydrogens (tertiary/aromatic N) is 1. The topological polar surface area (TPSA) is 26.9 Å². The van der Waals surface area contributed by atoms with Crippen molar-refractivity contribution in [2.75, 3.05) is 0 Å². The molecule has 0 saturated carbocycles. The normalized spacial score (nSPS) is 9.56. The minimum absolute atomic E-state index is 0.301. The summed E-state index contributed by atoms with van der Waals surface area (Å²) >= 11 is 2.90. The molecule has 0 aromatic carbocycles. The fourth-order valence-electron chi connectivity index (χ4n) is 0.435. The van der Waals surface area contributed by atoms with Crippen molar-refractivity contribution in [3.05, 3.63) is 34.0 Å². The molecule has 0 N–H and O–H groups in total. The lowest BCUT2D eigenvalue weighted by Crippen LogP contribution is -2.24. The molecule has 0 aliphatic rings. The summed E-state index contributed by atoms with van der Waals surface area (Å²) in [6.45, 7) is 0. The maximum atomic E-state index is 12.3. The summed E-state index contributed by atoms with van der Waals surface area (Å²) in [4.78, 5) is 0. The second-order valence-electron chi connectivity index (χ2n) is 1.50. The zero-order valence-corrected chi connectivity index (χ0v) is 5.93. The third-order valence-electron chi connectivity index (χ3n) is 0.837. The molecule has 2 nitrogen and oxygen atoms in total. The Hall–Kier alpha value is -0.640. The molecule has 1 heterocycles. The third-order valence-corrected chi connectivity index (χ3v) is 1.48. The molecule has 1 rings (SSSR count). The fourth-order valence-corrected chi connectivity index (χ4v) is 0.656. The van der Waals surface area contributed by atoms with Crippen molar-refractivity contribution in [1.29, 1.82) is 0 Å². The van der Waals surface area contributed by atoms with Gasteiger partial charge in [0.05, 0.1) is 4.47 Å². The Labute approximate surface area is 59.6 Å². The minimum Gasteiger partial charge on any atom is -0.619 e. The molecule has 0 aliphatic heterocycles. The third kappa shape index (κ3) is 1.38. The van der Waals surface area contributed by atoms with Gasteiger partial charge < -0.3 is 5.21 Å². The maximum Gasteiger partial charge on any atom is 0.217 e. The number of aromatic nitrogens is 1. The van der Waals surface area contributed by atoms with Gasteiger partial charge >= 0.3 is 0 Å². The number of rotatable bonds is 0. The van der Waals surface area contributed by atoms with E-state index in [9.17, 15) is 9.60 Å². The summed E-state index contributed by atoms with van der Waals surface area (Å²) in [6, 6.07) is 1.35. The molecule has 0 spiro atoms. The van der Waals surface area contributed by atoms with Crippen molar-refractivity contribution in [3.8, 4) is 0 Å². The lowest BCUT2D eigenvalue weighted by atomic mass is 10.5. The van der Waals surface area contributed by atoms with E-state index in [-0.39, 0.29) is 0 Å². The van der Waals surface area contributed by atoms with Crippen LogP contribution in [0.3, 0.4) is 0 Å². The maximum absolute atomic E-state index is 12.3. The highest BCUT2D eigenvalue weighted by atomic mass is 79.9. The van der Waals surface area contributed by atoms with E-state index in [0.29, 0.717) is 9.20 Å². The zero-order chi connectivity index (χ0) is 6.85. The molecular formula is C5H3BrFNO. The average Bonchev–Trinajstić information content (AvgIpc) is 1.80. The van der Waals surface area contributed by atoms with E-state index in [1.165, 1.54) is 12.3 Å². The second-order valence-corrected chi connectivity index (χ2v) is 2.35. The van der Waals surface area contributed by atoms with Gasteiger partial charge in [0.15, 0.2) is 6.20 Å². The molecule has 0 bridgehead atoms. The number of hydrogen-bond acceptors (Lipinski definition) is 1. The molecular weight excluding hydrogens is 189 g/mol. The smallest absolute Gasteiger partial charge is 0.217 e. The van der Waals surface area contributed by atoms with Gasteiger partial charge in [-0.05, 0) is 15.9 Å². The van der Waals surface area contributed by atoms with Crippen LogP contribution in [0.5, 0.6) is 0 Å². The van der Waals surface area contributed by atoms with Crippen molar-refractivity contribution < 1.29 is 9.12 Å². The fraction of sp³-hybridized carbons (Fsp3) is 0. The Bertz CT molecular complexity index is 228. The summed E-state index contributed by atoms with van der Waals surface area (Å²) in [5.41, 5.74) is 0. The minimum atomic E-state index is -0.549. The van der Waals surface area contributed by atoms with Gasteiger partial charge in [0.2, 0.25) is 12.0 Å². The first-order valence-corrected chi connectivity index (χ1v) is 3.03. The van der Waals surface area contributed by atoms with Crippen LogP contribution >= 0.6 is 15.9 Å². The summed E-state index contributed by atoms with van der Waals surface area (Å²) in [5, 5.41) is 10.3. The zero-order valence-electron chi connectivity index (χ0n) is 4.34. The van der Waals surface area contributed by atoms with E-state index in [2.05, 4.69) is 15.9 Å². The molecule has 0 radical (unpaired) electrons. The molecule has 0 saturated heterocycles. The van der Waals surface area contributed by atoms with Crippen molar-refractivity contribution in [2.24, 2.45) is 0 Å². The van der Waals surface area contributed by atoms with Crippen LogP contribution in [0.4, 0.5) is 4.39 Å². The summed E-state index contributed by atoms with van der Waals surface area (Å²) in [6.07, 6.45) is 2.07. The molecule has 0 atom stereocenters. The Morgan fingerprint density at radius 3 is 2.78 bits per heavy atom. The van der Waals surface area contributed by atoms with E-state index in [1.807, 2.05) is 0 Å². The van der Waals surface area contributed by atoms with E-state index in [0.717, 1.165) is 6.20 Å². The van der Waals surface area contributed by atoms with Crippen molar-refractivity contribution >= 4 is 15.9 Å². The van der Waals surface area contributed by atoms with E-state index < -0.39 is 5.82 Å². The molecule has 9 heavy (non-hydrogen) atoms. The first kappa shape index (κ1) is 6.48. The largest absolute Gasteiger partial charge is 0.619 e. The predicted octanol–water partition coefficient (Wildman–Crippen LogP) is 1.22. The summed E-state index contributed by atoms with van der Waals surface area (Å²) in [7, 11) is 0. The summed E-state index contributed by atoms with van der Waals surface area (Å²) in [5.74, 6) is -0.549. The Balaban J connectivity index is 3.17. The van der Waals surface area contributed by atoms with Gasteiger partial charge in [0.1, 0.15) is 0 Å². The Kier molecular flexibility index (Phi) is 1.66. The predicted molar refractivity (Wildman–Crippen MR) is 33.1 cm³/mol. The molecule has 0 fully saturated rings. The van der Waals surface area contributed by atoms with Crippen LogP contribution in [0.15, 0.2) is 22.9 Å². The van der Waals surface area contributed by atoms with Gasteiger partial charge in [-0.15, -0.1) is 0 Å². The molecule has 0 aliphatic carbocycles. The first-order valence-electron chi connectivity index (χ1n) is 2.24. The van der Waals surface area contributed by atoms with Crippen molar-refractivity contribution in [3.63, 3.8) is 0 Å². The van der Waals surface area contributed by atoms with Gasteiger partial charge in [-0.3, -0.25) is 0 Å². The quantitative estimate of drug-likeness (QED) is 0.448. The highest BCUT2D eigenvalue weighted by Gasteiger charge is 2.00. The number of pyridine rings is 1. The second kappa shape index (κ2) is 2.31. The molecule has 48 valence electrons. The lowest BCUT2D eigenvalue weighted by Gasteiger charge is -1.94.